The zero-order chi connectivity index (χ0) is 39.1. The molecule has 2 heteroatoms. The molecule has 0 N–H and O–H groups in total. The third-order valence-corrected chi connectivity index (χ3v) is 14.4. The van der Waals surface area contributed by atoms with E-state index in [0.29, 0.717) is 0 Å². The Labute approximate surface area is 349 Å². The molecule has 1 aliphatic rings. The van der Waals surface area contributed by atoms with Gasteiger partial charge in [-0.05, 0) is 125 Å². The summed E-state index contributed by atoms with van der Waals surface area (Å²) in [6.45, 7) is 0. The molecule has 0 bridgehead atoms. The van der Waals surface area contributed by atoms with Gasteiger partial charge in [0.25, 0.3) is 0 Å². The largest absolute Gasteiger partial charge is 0.309 e. The Balaban J connectivity index is 0.907. The molecule has 60 heavy (non-hydrogen) atoms. The van der Waals surface area contributed by atoms with Crippen molar-refractivity contribution >= 4 is 96.4 Å². The van der Waals surface area contributed by atoms with Gasteiger partial charge in [-0.3, -0.25) is 0 Å². The second-order valence-corrected chi connectivity index (χ2v) is 17.5. The van der Waals surface area contributed by atoms with Crippen molar-refractivity contribution in [3.05, 3.63) is 200 Å². The fourth-order valence-corrected chi connectivity index (χ4v) is 11.8. The van der Waals surface area contributed by atoms with Gasteiger partial charge in [0.1, 0.15) is 0 Å². The van der Waals surface area contributed by atoms with Crippen molar-refractivity contribution < 1.29 is 0 Å². The number of hydrogen-bond donors (Lipinski definition) is 0. The van der Waals surface area contributed by atoms with E-state index in [1.165, 1.54) is 135 Å². The zero-order valence-corrected chi connectivity index (χ0v) is 33.2. The first-order chi connectivity index (χ1) is 29.7. The zero-order valence-electron chi connectivity index (χ0n) is 32.4. The Bertz CT molecular complexity index is 3970. The number of nitrogens with zero attached hydrogens (tertiary/aromatic N) is 1. The quantitative estimate of drug-likeness (QED) is 0.158. The number of thiophene rings is 1. The predicted molar refractivity (Wildman–Crippen MR) is 259 cm³/mol. The van der Waals surface area contributed by atoms with Gasteiger partial charge in [-0.2, -0.15) is 0 Å². The van der Waals surface area contributed by atoms with Crippen LogP contribution in [0.1, 0.15) is 0 Å². The van der Waals surface area contributed by atoms with E-state index in [1.54, 1.807) is 0 Å². The molecule has 0 amide bonds. The molecule has 0 radical (unpaired) electrons. The monoisotopic (exact) mass is 775 g/mol. The fraction of sp³-hybridized carbons (Fsp3) is 0. The van der Waals surface area contributed by atoms with Crippen molar-refractivity contribution in [2.45, 2.75) is 0 Å². The minimum Gasteiger partial charge on any atom is -0.309 e. The molecule has 1 aliphatic carbocycles. The van der Waals surface area contributed by atoms with E-state index in [1.807, 2.05) is 11.3 Å². The first kappa shape index (κ1) is 32.4. The third-order valence-electron chi connectivity index (χ3n) is 13.3. The smallest absolute Gasteiger partial charge is 0.0625 e. The molecule has 0 unspecified atom stereocenters. The Morgan fingerprint density at radius 1 is 0.300 bits per heavy atom. The maximum atomic E-state index is 2.47. The molecule has 14 rings (SSSR count). The van der Waals surface area contributed by atoms with E-state index < -0.39 is 0 Å². The van der Waals surface area contributed by atoms with Crippen LogP contribution >= 0.6 is 11.3 Å². The molecule has 0 aliphatic heterocycles. The van der Waals surface area contributed by atoms with Crippen molar-refractivity contribution in [1.82, 2.24) is 4.57 Å². The van der Waals surface area contributed by atoms with Gasteiger partial charge < -0.3 is 4.57 Å². The highest BCUT2D eigenvalue weighted by Gasteiger charge is 2.22. The van der Waals surface area contributed by atoms with Gasteiger partial charge in [-0.15, -0.1) is 11.3 Å². The van der Waals surface area contributed by atoms with Crippen LogP contribution in [0.4, 0.5) is 0 Å². The summed E-state index contributed by atoms with van der Waals surface area (Å²) in [5.74, 6) is 0. The highest BCUT2D eigenvalue weighted by Crippen LogP contribution is 2.49. The van der Waals surface area contributed by atoms with Crippen LogP contribution in [0.2, 0.25) is 0 Å². The minimum absolute atomic E-state index is 1.18. The van der Waals surface area contributed by atoms with Gasteiger partial charge in [0.2, 0.25) is 0 Å². The lowest BCUT2D eigenvalue weighted by molar-refractivity contribution is 1.19. The Hall–Kier alpha value is -7.52. The first-order valence-electron chi connectivity index (χ1n) is 20.7. The summed E-state index contributed by atoms with van der Waals surface area (Å²) in [6, 6.07) is 74.9. The number of fused-ring (bicyclic) bond motifs is 16. The molecule has 0 saturated carbocycles. The molecule has 0 atom stereocenters. The van der Waals surface area contributed by atoms with Gasteiger partial charge in [-0.1, -0.05) is 158 Å². The molecular weight excluding hydrogens is 743 g/mol. The molecule has 11 aromatic carbocycles. The molecule has 1 nitrogen and oxygen atoms in total. The first-order valence-corrected chi connectivity index (χ1v) is 21.6. The number of rotatable bonds is 3. The summed E-state index contributed by atoms with van der Waals surface area (Å²) >= 11 is 1.90. The molecule has 276 valence electrons. The van der Waals surface area contributed by atoms with E-state index in [9.17, 15) is 0 Å². The van der Waals surface area contributed by atoms with E-state index in [2.05, 4.69) is 205 Å². The predicted octanol–water partition coefficient (Wildman–Crippen LogP) is 16.7. The van der Waals surface area contributed by atoms with Gasteiger partial charge in [0.05, 0.1) is 11.0 Å². The molecule has 2 aromatic heterocycles. The molecule has 0 spiro atoms. The van der Waals surface area contributed by atoms with Crippen molar-refractivity contribution in [3.63, 3.8) is 0 Å². The molecule has 0 fully saturated rings. The third kappa shape index (κ3) is 4.41. The summed E-state index contributed by atoms with van der Waals surface area (Å²) in [4.78, 5) is 0. The van der Waals surface area contributed by atoms with Crippen molar-refractivity contribution in [2.24, 2.45) is 0 Å². The lowest BCUT2D eigenvalue weighted by Gasteiger charge is -2.15. The Morgan fingerprint density at radius 2 is 0.850 bits per heavy atom. The summed E-state index contributed by atoms with van der Waals surface area (Å²) < 4.78 is 5.10. The summed E-state index contributed by atoms with van der Waals surface area (Å²) in [5, 5.41) is 15.6. The van der Waals surface area contributed by atoms with E-state index >= 15 is 0 Å². The lowest BCUT2D eigenvalue weighted by atomic mass is 9.91. The Morgan fingerprint density at radius 3 is 1.62 bits per heavy atom. The number of aromatic nitrogens is 1. The summed E-state index contributed by atoms with van der Waals surface area (Å²) in [5.41, 5.74) is 14.0. The molecule has 13 aromatic rings. The Kier molecular flexibility index (Phi) is 6.50. The number of para-hydroxylation sites is 2. The van der Waals surface area contributed by atoms with Crippen molar-refractivity contribution in [1.29, 1.82) is 0 Å². The van der Waals surface area contributed by atoms with Crippen LogP contribution in [0, 0.1) is 0 Å². The van der Waals surface area contributed by atoms with Crippen LogP contribution in [0.5, 0.6) is 0 Å². The van der Waals surface area contributed by atoms with Crippen LogP contribution in [0.3, 0.4) is 0 Å². The van der Waals surface area contributed by atoms with Crippen molar-refractivity contribution in [3.8, 4) is 50.2 Å². The van der Waals surface area contributed by atoms with Crippen LogP contribution in [-0.2, 0) is 0 Å². The standard InChI is InChI=1S/C58H33NS/c1-2-12-39(13-3-1)59-53-19-7-6-15-43(53)50-29-28-49-42-25-21-35(30-51(42)40-14-4-5-16-47(40)57(49)58(50)59)37-22-26-44-45-27-23-38(33-55(45)60-54(44)32-37)36-20-24-41-46-17-8-10-34-11-9-18-48(56(34)46)52(41)31-36/h1-33H. The van der Waals surface area contributed by atoms with Crippen LogP contribution in [0.15, 0.2) is 200 Å². The van der Waals surface area contributed by atoms with E-state index in [0.717, 1.165) is 0 Å². The molecular formula is C58H33NS. The summed E-state index contributed by atoms with van der Waals surface area (Å²) in [6.07, 6.45) is 0. The van der Waals surface area contributed by atoms with Gasteiger partial charge >= 0.3 is 0 Å². The molecule has 0 saturated heterocycles. The van der Waals surface area contributed by atoms with Gasteiger partial charge in [-0.25, -0.2) is 0 Å². The summed E-state index contributed by atoms with van der Waals surface area (Å²) in [7, 11) is 0. The minimum atomic E-state index is 1.18. The SMILES string of the molecule is c1ccc(-n2c3ccccc3c3ccc4c5ccc(-c6ccc7c(c6)sc6cc(-c8ccc9c(c8)-c8cccc%10cccc-9c8%10)ccc67)cc5c5ccccc5c4c32)cc1. The van der Waals surface area contributed by atoms with Crippen LogP contribution < -0.4 is 0 Å². The topological polar surface area (TPSA) is 4.93 Å². The maximum Gasteiger partial charge on any atom is 0.0625 e. The average molecular weight is 776 g/mol. The van der Waals surface area contributed by atoms with Crippen LogP contribution in [-0.4, -0.2) is 4.57 Å². The maximum absolute atomic E-state index is 2.47. The van der Waals surface area contributed by atoms with Crippen LogP contribution in [0.25, 0.3) is 135 Å². The second kappa shape index (κ2) is 12.0. The second-order valence-electron chi connectivity index (χ2n) is 16.4. The molecule has 2 heterocycles. The lowest BCUT2D eigenvalue weighted by Crippen LogP contribution is -1.95. The van der Waals surface area contributed by atoms with Gasteiger partial charge in [0.15, 0.2) is 0 Å². The van der Waals surface area contributed by atoms with E-state index in [4.69, 9.17) is 0 Å². The van der Waals surface area contributed by atoms with E-state index in [-0.39, 0.29) is 0 Å². The average Bonchev–Trinajstić information content (AvgIpc) is 3.97. The van der Waals surface area contributed by atoms with Crippen molar-refractivity contribution in [2.75, 3.05) is 0 Å². The van der Waals surface area contributed by atoms with Gasteiger partial charge in [0, 0.05) is 42.0 Å². The number of benzene rings is 11. The number of hydrogen-bond acceptors (Lipinski definition) is 1. The highest BCUT2D eigenvalue weighted by molar-refractivity contribution is 7.25. The fourth-order valence-electron chi connectivity index (χ4n) is 10.6. The normalized spacial score (nSPS) is 12.3. The highest BCUT2D eigenvalue weighted by atomic mass is 32.1.